The molecule has 0 heterocycles. The van der Waals surface area contributed by atoms with Gasteiger partial charge in [0.1, 0.15) is 0 Å². The Morgan fingerprint density at radius 3 is 2.53 bits per heavy atom. The molecule has 0 aliphatic heterocycles. The Morgan fingerprint density at radius 2 is 2.00 bits per heavy atom. The summed E-state index contributed by atoms with van der Waals surface area (Å²) >= 11 is 0. The van der Waals surface area contributed by atoms with Crippen molar-refractivity contribution in [3.63, 3.8) is 0 Å². The van der Waals surface area contributed by atoms with E-state index < -0.39 is 5.97 Å². The molecule has 88 valence electrons. The van der Waals surface area contributed by atoms with Crippen molar-refractivity contribution >= 4 is 5.97 Å². The summed E-state index contributed by atoms with van der Waals surface area (Å²) in [5, 5.41) is 17.0. The van der Waals surface area contributed by atoms with Crippen LogP contribution < -0.4 is 0 Å². The fraction of sp³-hybridized carbons (Fsp3) is 0.727. The molecule has 1 atom stereocenters. The number of unbranched alkanes of at least 4 members (excludes halogenated alkanes) is 2. The maximum absolute atomic E-state index is 10.3. The second kappa shape index (κ2) is 9.68. The zero-order chi connectivity index (χ0) is 11.5. The number of carbonyl (C=O) groups is 1. The molecule has 0 saturated carbocycles. The number of carboxylic acid groups (broad SMARTS) is 1. The van der Waals surface area contributed by atoms with Crippen LogP contribution in [0, 0.1) is 0 Å². The van der Waals surface area contributed by atoms with Crippen LogP contribution in [0.5, 0.6) is 0 Å². The summed E-state index contributed by atoms with van der Waals surface area (Å²) in [4.78, 5) is 14.5. The van der Waals surface area contributed by atoms with E-state index in [1.165, 1.54) is 0 Å². The summed E-state index contributed by atoms with van der Waals surface area (Å²) < 4.78 is 0. The van der Waals surface area contributed by atoms with Gasteiger partial charge in [0.15, 0.2) is 0 Å². The largest absolute Gasteiger partial charge is 0.481 e. The van der Waals surface area contributed by atoms with Crippen LogP contribution in [0.25, 0.3) is 0 Å². The molecule has 0 fully saturated rings. The molecule has 0 bridgehead atoms. The number of rotatable bonds is 10. The molecule has 1 unspecified atom stereocenters. The standard InChI is InChI=1S/C11H20O4/c1-2-3-4-5-7-10(15-14)8-6-9-11(12)13/h2,10,14H,1,3-9H2,(H,12,13). The molecule has 0 saturated heterocycles. The summed E-state index contributed by atoms with van der Waals surface area (Å²) in [5.74, 6) is -0.807. The van der Waals surface area contributed by atoms with Gasteiger partial charge >= 0.3 is 5.97 Å². The molecular weight excluding hydrogens is 196 g/mol. The molecule has 4 nitrogen and oxygen atoms in total. The van der Waals surface area contributed by atoms with Gasteiger partial charge in [0.25, 0.3) is 0 Å². The van der Waals surface area contributed by atoms with Gasteiger partial charge < -0.3 is 5.11 Å². The van der Waals surface area contributed by atoms with E-state index in [2.05, 4.69) is 11.5 Å². The molecule has 0 radical (unpaired) electrons. The third-order valence-corrected chi connectivity index (χ3v) is 2.25. The molecule has 0 aromatic carbocycles. The summed E-state index contributed by atoms with van der Waals surface area (Å²) in [6.45, 7) is 3.62. The second-order valence-corrected chi connectivity index (χ2v) is 3.59. The van der Waals surface area contributed by atoms with E-state index in [9.17, 15) is 4.79 Å². The molecule has 0 aromatic heterocycles. The van der Waals surface area contributed by atoms with E-state index in [-0.39, 0.29) is 12.5 Å². The Balaban J connectivity index is 3.45. The van der Waals surface area contributed by atoms with Crippen molar-refractivity contribution in [2.24, 2.45) is 0 Å². The first kappa shape index (κ1) is 14.1. The average Bonchev–Trinajstić information content (AvgIpc) is 2.21. The van der Waals surface area contributed by atoms with Gasteiger partial charge in [0.2, 0.25) is 0 Å². The Kier molecular flexibility index (Phi) is 9.11. The lowest BCUT2D eigenvalue weighted by molar-refractivity contribution is -0.281. The fourth-order valence-electron chi connectivity index (χ4n) is 1.39. The highest BCUT2D eigenvalue weighted by Crippen LogP contribution is 2.12. The van der Waals surface area contributed by atoms with E-state index in [0.717, 1.165) is 25.7 Å². The van der Waals surface area contributed by atoms with E-state index in [0.29, 0.717) is 12.8 Å². The van der Waals surface area contributed by atoms with Crippen molar-refractivity contribution in [3.05, 3.63) is 12.7 Å². The fourth-order valence-corrected chi connectivity index (χ4v) is 1.39. The molecule has 0 amide bonds. The van der Waals surface area contributed by atoms with Crippen LogP contribution in [0.1, 0.15) is 44.9 Å². The van der Waals surface area contributed by atoms with Gasteiger partial charge in [-0.05, 0) is 32.1 Å². The Morgan fingerprint density at radius 1 is 1.33 bits per heavy atom. The Hall–Kier alpha value is -0.870. The number of carboxylic acids is 1. The monoisotopic (exact) mass is 216 g/mol. The molecular formula is C11H20O4. The van der Waals surface area contributed by atoms with Gasteiger partial charge in [-0.3, -0.25) is 10.1 Å². The first-order valence-electron chi connectivity index (χ1n) is 5.33. The topological polar surface area (TPSA) is 66.8 Å². The number of allylic oxidation sites excluding steroid dienone is 1. The van der Waals surface area contributed by atoms with E-state index in [1.54, 1.807) is 0 Å². The van der Waals surface area contributed by atoms with Crippen LogP contribution in [0.2, 0.25) is 0 Å². The van der Waals surface area contributed by atoms with Crippen molar-refractivity contribution < 1.29 is 20.0 Å². The van der Waals surface area contributed by atoms with Crippen LogP contribution >= 0.6 is 0 Å². The molecule has 4 heteroatoms. The number of aliphatic carboxylic acids is 1. The van der Waals surface area contributed by atoms with E-state index in [4.69, 9.17) is 10.4 Å². The smallest absolute Gasteiger partial charge is 0.303 e. The predicted molar refractivity (Wildman–Crippen MR) is 57.7 cm³/mol. The third kappa shape index (κ3) is 9.43. The lowest BCUT2D eigenvalue weighted by atomic mass is 10.1. The summed E-state index contributed by atoms with van der Waals surface area (Å²) in [6, 6.07) is 0. The molecule has 2 N–H and O–H groups in total. The minimum atomic E-state index is -0.807. The van der Waals surface area contributed by atoms with Crippen LogP contribution in [0.15, 0.2) is 12.7 Å². The van der Waals surface area contributed by atoms with Crippen LogP contribution in [0.4, 0.5) is 0 Å². The SMILES string of the molecule is C=CCCCCC(CCCC(=O)O)OO. The van der Waals surface area contributed by atoms with Gasteiger partial charge in [0, 0.05) is 6.42 Å². The minimum absolute atomic E-state index is 0.131. The van der Waals surface area contributed by atoms with E-state index >= 15 is 0 Å². The minimum Gasteiger partial charge on any atom is -0.481 e. The summed E-state index contributed by atoms with van der Waals surface area (Å²) in [7, 11) is 0. The molecule has 0 aliphatic carbocycles. The highest BCUT2D eigenvalue weighted by atomic mass is 17.1. The molecule has 0 aromatic rings. The van der Waals surface area contributed by atoms with Gasteiger partial charge in [0.05, 0.1) is 6.10 Å². The normalized spacial score (nSPS) is 12.3. The molecule has 0 rings (SSSR count). The molecule has 0 spiro atoms. The first-order valence-corrected chi connectivity index (χ1v) is 5.33. The summed E-state index contributed by atoms with van der Waals surface area (Å²) in [5.41, 5.74) is 0. The van der Waals surface area contributed by atoms with Crippen LogP contribution in [-0.2, 0) is 9.68 Å². The van der Waals surface area contributed by atoms with Crippen molar-refractivity contribution in [2.75, 3.05) is 0 Å². The van der Waals surface area contributed by atoms with Gasteiger partial charge in [-0.25, -0.2) is 4.89 Å². The van der Waals surface area contributed by atoms with Crippen molar-refractivity contribution in [1.82, 2.24) is 0 Å². The zero-order valence-corrected chi connectivity index (χ0v) is 9.02. The second-order valence-electron chi connectivity index (χ2n) is 3.59. The lowest BCUT2D eigenvalue weighted by Gasteiger charge is -2.11. The number of hydrogen-bond acceptors (Lipinski definition) is 3. The first-order chi connectivity index (χ1) is 7.20. The van der Waals surface area contributed by atoms with E-state index in [1.807, 2.05) is 6.08 Å². The maximum Gasteiger partial charge on any atom is 0.303 e. The Labute approximate surface area is 90.5 Å². The molecule has 0 aliphatic rings. The molecule has 15 heavy (non-hydrogen) atoms. The number of hydrogen-bond donors (Lipinski definition) is 2. The quantitative estimate of drug-likeness (QED) is 0.255. The third-order valence-electron chi connectivity index (χ3n) is 2.25. The van der Waals surface area contributed by atoms with Gasteiger partial charge in [-0.2, -0.15) is 0 Å². The van der Waals surface area contributed by atoms with Crippen molar-refractivity contribution in [1.29, 1.82) is 0 Å². The highest BCUT2D eigenvalue weighted by Gasteiger charge is 2.09. The predicted octanol–water partition coefficient (Wildman–Crippen LogP) is 2.85. The average molecular weight is 216 g/mol. The highest BCUT2D eigenvalue weighted by molar-refractivity contribution is 5.66. The maximum atomic E-state index is 10.3. The van der Waals surface area contributed by atoms with Gasteiger partial charge in [-0.15, -0.1) is 6.58 Å². The van der Waals surface area contributed by atoms with Crippen LogP contribution in [0.3, 0.4) is 0 Å². The van der Waals surface area contributed by atoms with Gasteiger partial charge in [-0.1, -0.05) is 12.5 Å². The Bertz CT molecular complexity index is 179. The zero-order valence-electron chi connectivity index (χ0n) is 9.02. The van der Waals surface area contributed by atoms with Crippen LogP contribution in [-0.4, -0.2) is 22.4 Å². The summed E-state index contributed by atoms with van der Waals surface area (Å²) in [6.07, 6.45) is 6.63. The lowest BCUT2D eigenvalue weighted by Crippen LogP contribution is -2.11. The van der Waals surface area contributed by atoms with Crippen molar-refractivity contribution in [2.45, 2.75) is 51.0 Å². The van der Waals surface area contributed by atoms with Crippen molar-refractivity contribution in [3.8, 4) is 0 Å².